The third-order valence-electron chi connectivity index (χ3n) is 5.96. The van der Waals surface area contributed by atoms with Gasteiger partial charge in [0.25, 0.3) is 0 Å². The van der Waals surface area contributed by atoms with Gasteiger partial charge in [0.2, 0.25) is 5.91 Å². The maximum absolute atomic E-state index is 12.9. The Bertz CT molecular complexity index is 956. The second kappa shape index (κ2) is 8.00. The molecule has 0 spiro atoms. The molecule has 0 saturated carbocycles. The topological polar surface area (TPSA) is 74.6 Å². The van der Waals surface area contributed by atoms with Crippen molar-refractivity contribution in [2.75, 3.05) is 39.4 Å². The molecule has 0 aliphatic carbocycles. The normalized spacial score (nSPS) is 21.0. The zero-order valence-electron chi connectivity index (χ0n) is 16.5. The maximum Gasteiger partial charge on any atom is 0.227 e. The number of carbonyl (C=O) groups excluding carboxylic acids is 1. The number of amides is 1. The minimum absolute atomic E-state index is 0.0726. The lowest BCUT2D eigenvalue weighted by atomic mass is 9.96. The molecular weight excluding hydrogens is 368 g/mol. The van der Waals surface area contributed by atoms with Gasteiger partial charge in [0.05, 0.1) is 25.3 Å². The second-order valence-corrected chi connectivity index (χ2v) is 7.93. The molecule has 1 amide bonds. The smallest absolute Gasteiger partial charge is 0.227 e. The number of fused-ring (bicyclic) bond motifs is 1. The SMILES string of the molecule is O=C(C1CCCN(Cc2cn[nH]c2-c2cc3ccccc3o2)C1)N1CCOCC1. The average molecular weight is 394 g/mol. The molecular formula is C22H26N4O3. The summed E-state index contributed by atoms with van der Waals surface area (Å²) in [6.07, 6.45) is 3.88. The van der Waals surface area contributed by atoms with Gasteiger partial charge in [-0.3, -0.25) is 14.8 Å². The van der Waals surface area contributed by atoms with Crippen molar-refractivity contribution >= 4 is 16.9 Å². The quantitative estimate of drug-likeness (QED) is 0.737. The number of hydrogen-bond acceptors (Lipinski definition) is 5. The summed E-state index contributed by atoms with van der Waals surface area (Å²) in [4.78, 5) is 17.2. The van der Waals surface area contributed by atoms with E-state index in [-0.39, 0.29) is 11.8 Å². The van der Waals surface area contributed by atoms with Crippen molar-refractivity contribution in [3.8, 4) is 11.5 Å². The number of H-pyrrole nitrogens is 1. The lowest BCUT2D eigenvalue weighted by molar-refractivity contribution is -0.141. The van der Waals surface area contributed by atoms with E-state index in [1.54, 1.807) is 0 Å². The maximum atomic E-state index is 12.9. The Labute approximate surface area is 169 Å². The highest BCUT2D eigenvalue weighted by atomic mass is 16.5. The summed E-state index contributed by atoms with van der Waals surface area (Å²) in [7, 11) is 0. The Hall–Kier alpha value is -2.64. The number of aromatic amines is 1. The van der Waals surface area contributed by atoms with Crippen LogP contribution >= 0.6 is 0 Å². The largest absolute Gasteiger partial charge is 0.454 e. The van der Waals surface area contributed by atoms with Crippen molar-refractivity contribution in [2.45, 2.75) is 19.4 Å². The van der Waals surface area contributed by atoms with Crippen molar-refractivity contribution in [1.82, 2.24) is 20.0 Å². The molecule has 1 N–H and O–H groups in total. The van der Waals surface area contributed by atoms with Crippen molar-refractivity contribution in [3.63, 3.8) is 0 Å². The molecule has 7 nitrogen and oxygen atoms in total. The number of ether oxygens (including phenoxy) is 1. The minimum atomic E-state index is 0.0726. The Balaban J connectivity index is 1.29. The molecule has 2 aliphatic rings. The van der Waals surface area contributed by atoms with Crippen molar-refractivity contribution in [2.24, 2.45) is 5.92 Å². The van der Waals surface area contributed by atoms with Crippen LogP contribution in [0, 0.1) is 5.92 Å². The van der Waals surface area contributed by atoms with Crippen LogP contribution in [0.3, 0.4) is 0 Å². The number of nitrogens with zero attached hydrogens (tertiary/aromatic N) is 3. The Kier molecular flexibility index (Phi) is 5.08. The highest BCUT2D eigenvalue weighted by Crippen LogP contribution is 2.30. The number of piperidine rings is 1. The van der Waals surface area contributed by atoms with Crippen LogP contribution < -0.4 is 0 Å². The standard InChI is InChI=1S/C22H26N4O3/c27-22(26-8-10-28-11-9-26)17-5-3-7-25(14-17)15-18-13-23-24-21(18)20-12-16-4-1-2-6-19(16)29-20/h1-2,4,6,12-13,17H,3,5,7-11,14-15H2,(H,23,24). The number of likely N-dealkylation sites (tertiary alicyclic amines) is 1. The summed E-state index contributed by atoms with van der Waals surface area (Å²) in [5, 5.41) is 8.44. The number of benzene rings is 1. The minimum Gasteiger partial charge on any atom is -0.454 e. The van der Waals surface area contributed by atoms with Gasteiger partial charge in [-0.2, -0.15) is 5.10 Å². The van der Waals surface area contributed by atoms with Crippen molar-refractivity contribution in [1.29, 1.82) is 0 Å². The first-order chi connectivity index (χ1) is 14.3. The van der Waals surface area contributed by atoms with Crippen LogP contribution in [-0.2, 0) is 16.1 Å². The van der Waals surface area contributed by atoms with Crippen LogP contribution in [0.25, 0.3) is 22.4 Å². The van der Waals surface area contributed by atoms with E-state index in [9.17, 15) is 4.79 Å². The van der Waals surface area contributed by atoms with Gasteiger partial charge in [0.1, 0.15) is 11.3 Å². The van der Waals surface area contributed by atoms with Gasteiger partial charge < -0.3 is 14.1 Å². The molecule has 2 fully saturated rings. The molecule has 29 heavy (non-hydrogen) atoms. The lowest BCUT2D eigenvalue weighted by Gasteiger charge is -2.36. The Morgan fingerprint density at radius 3 is 2.93 bits per heavy atom. The first-order valence-electron chi connectivity index (χ1n) is 10.4. The summed E-state index contributed by atoms with van der Waals surface area (Å²) < 4.78 is 11.4. The monoisotopic (exact) mass is 394 g/mol. The van der Waals surface area contributed by atoms with E-state index in [0.29, 0.717) is 26.3 Å². The second-order valence-electron chi connectivity index (χ2n) is 7.93. The van der Waals surface area contributed by atoms with Crippen LogP contribution in [0.2, 0.25) is 0 Å². The molecule has 5 rings (SSSR count). The third-order valence-corrected chi connectivity index (χ3v) is 5.96. The first-order valence-corrected chi connectivity index (χ1v) is 10.4. The Morgan fingerprint density at radius 1 is 1.21 bits per heavy atom. The zero-order chi connectivity index (χ0) is 19.6. The van der Waals surface area contributed by atoms with Gasteiger partial charge >= 0.3 is 0 Å². The van der Waals surface area contributed by atoms with Crippen molar-refractivity contribution < 1.29 is 13.9 Å². The lowest BCUT2D eigenvalue weighted by Crippen LogP contribution is -2.48. The predicted molar refractivity (Wildman–Crippen MR) is 109 cm³/mol. The fraction of sp³-hybridized carbons (Fsp3) is 0.455. The van der Waals surface area contributed by atoms with Crippen LogP contribution in [0.15, 0.2) is 40.9 Å². The molecule has 7 heteroatoms. The summed E-state index contributed by atoms with van der Waals surface area (Å²) in [6.45, 7) is 5.28. The van der Waals surface area contributed by atoms with Gasteiger partial charge in [-0.15, -0.1) is 0 Å². The van der Waals surface area contributed by atoms with Crippen molar-refractivity contribution in [3.05, 3.63) is 42.1 Å². The number of furan rings is 1. The molecule has 1 atom stereocenters. The molecule has 1 unspecified atom stereocenters. The average Bonchev–Trinajstić information content (AvgIpc) is 3.40. The highest BCUT2D eigenvalue weighted by Gasteiger charge is 2.30. The van der Waals surface area contributed by atoms with E-state index in [2.05, 4.69) is 15.1 Å². The van der Waals surface area contributed by atoms with E-state index in [1.807, 2.05) is 41.4 Å². The number of carbonyl (C=O) groups is 1. The van der Waals surface area contributed by atoms with E-state index >= 15 is 0 Å². The molecule has 2 saturated heterocycles. The van der Waals surface area contributed by atoms with Gasteiger partial charge in [-0.25, -0.2) is 0 Å². The van der Waals surface area contributed by atoms with E-state index in [0.717, 1.165) is 60.5 Å². The van der Waals surface area contributed by atoms with Crippen LogP contribution in [0.1, 0.15) is 18.4 Å². The van der Waals surface area contributed by atoms with E-state index in [1.165, 1.54) is 0 Å². The fourth-order valence-electron chi connectivity index (χ4n) is 4.43. The predicted octanol–water partition coefficient (Wildman–Crippen LogP) is 2.89. The van der Waals surface area contributed by atoms with Gasteiger partial charge in [-0.05, 0) is 31.5 Å². The van der Waals surface area contributed by atoms with Crippen LogP contribution in [0.5, 0.6) is 0 Å². The molecule has 0 radical (unpaired) electrons. The third kappa shape index (κ3) is 3.80. The van der Waals surface area contributed by atoms with Crippen LogP contribution in [-0.4, -0.2) is 65.3 Å². The molecule has 2 aliphatic heterocycles. The highest BCUT2D eigenvalue weighted by molar-refractivity contribution is 5.82. The number of morpholine rings is 1. The Morgan fingerprint density at radius 2 is 2.07 bits per heavy atom. The molecule has 2 aromatic heterocycles. The summed E-state index contributed by atoms with van der Waals surface area (Å²) in [5.41, 5.74) is 2.89. The van der Waals surface area contributed by atoms with Gasteiger partial charge in [0, 0.05) is 37.1 Å². The van der Waals surface area contributed by atoms with Crippen LogP contribution in [0.4, 0.5) is 0 Å². The molecule has 4 heterocycles. The number of aromatic nitrogens is 2. The summed E-state index contributed by atoms with van der Waals surface area (Å²) >= 11 is 0. The van der Waals surface area contributed by atoms with Gasteiger partial charge in [-0.1, -0.05) is 18.2 Å². The molecule has 3 aromatic rings. The number of nitrogens with one attached hydrogen (secondary N) is 1. The summed E-state index contributed by atoms with van der Waals surface area (Å²) in [6, 6.07) is 10.1. The van der Waals surface area contributed by atoms with E-state index < -0.39 is 0 Å². The number of para-hydroxylation sites is 1. The number of rotatable bonds is 4. The number of hydrogen-bond donors (Lipinski definition) is 1. The molecule has 1 aromatic carbocycles. The zero-order valence-corrected chi connectivity index (χ0v) is 16.5. The molecule has 0 bridgehead atoms. The van der Waals surface area contributed by atoms with E-state index in [4.69, 9.17) is 9.15 Å². The molecule has 152 valence electrons. The first kappa shape index (κ1) is 18.4. The fourth-order valence-corrected chi connectivity index (χ4v) is 4.43. The summed E-state index contributed by atoms with van der Waals surface area (Å²) in [5.74, 6) is 1.16. The van der Waals surface area contributed by atoms with Gasteiger partial charge in [0.15, 0.2) is 5.76 Å².